The summed E-state index contributed by atoms with van der Waals surface area (Å²) in [5.74, 6) is 1.34. The second-order valence-corrected chi connectivity index (χ2v) is 7.54. The van der Waals surface area contributed by atoms with Crippen LogP contribution >= 0.6 is 0 Å². The van der Waals surface area contributed by atoms with Crippen LogP contribution in [-0.2, 0) is 17.9 Å². The third-order valence-corrected chi connectivity index (χ3v) is 5.03. The maximum Gasteiger partial charge on any atom is 0.258 e. The molecule has 1 amide bonds. The minimum Gasteiger partial charge on any atom is -0.494 e. The Bertz CT molecular complexity index is 738. The van der Waals surface area contributed by atoms with Gasteiger partial charge in [-0.1, -0.05) is 37.6 Å². The van der Waals surface area contributed by atoms with Gasteiger partial charge in [0.05, 0.1) is 6.61 Å². The van der Waals surface area contributed by atoms with Gasteiger partial charge in [0.15, 0.2) is 6.61 Å². The number of carbonyl (C=O) groups excluding carboxylic acids is 1. The van der Waals surface area contributed by atoms with E-state index in [0.717, 1.165) is 24.3 Å². The van der Waals surface area contributed by atoms with Crippen LogP contribution in [0.2, 0.25) is 0 Å². The molecule has 1 heterocycles. The highest BCUT2D eigenvalue weighted by Crippen LogP contribution is 2.17. The van der Waals surface area contributed by atoms with Crippen molar-refractivity contribution >= 4 is 5.91 Å². The van der Waals surface area contributed by atoms with Crippen LogP contribution in [0.15, 0.2) is 48.5 Å². The van der Waals surface area contributed by atoms with Crippen molar-refractivity contribution in [2.45, 2.75) is 45.7 Å². The summed E-state index contributed by atoms with van der Waals surface area (Å²) in [6, 6.07) is 15.9. The lowest BCUT2D eigenvalue weighted by Gasteiger charge is -2.26. The molecule has 0 radical (unpaired) electrons. The first-order valence-corrected chi connectivity index (χ1v) is 10.7. The Labute approximate surface area is 174 Å². The highest BCUT2D eigenvalue weighted by Gasteiger charge is 2.10. The Balaban J connectivity index is 1.36. The summed E-state index contributed by atoms with van der Waals surface area (Å²) in [6.45, 7) is 6.70. The molecule has 0 bridgehead atoms. The van der Waals surface area contributed by atoms with Gasteiger partial charge in [-0.15, -0.1) is 0 Å². The molecule has 1 N–H and O–H groups in total. The number of piperidine rings is 1. The SMILES string of the molecule is CCCOc1ccc(OCC(=O)NCc2ccc(CN3CCCCC3)cc2)cc1. The zero-order valence-electron chi connectivity index (χ0n) is 17.4. The Kier molecular flexibility index (Phi) is 8.38. The number of likely N-dealkylation sites (tertiary alicyclic amines) is 1. The van der Waals surface area contributed by atoms with Crippen LogP contribution in [-0.4, -0.2) is 37.1 Å². The molecule has 0 atom stereocenters. The van der Waals surface area contributed by atoms with Gasteiger partial charge in [0.2, 0.25) is 0 Å². The quantitative estimate of drug-likeness (QED) is 0.655. The zero-order valence-corrected chi connectivity index (χ0v) is 17.4. The van der Waals surface area contributed by atoms with Gasteiger partial charge >= 0.3 is 0 Å². The van der Waals surface area contributed by atoms with Crippen molar-refractivity contribution in [2.75, 3.05) is 26.3 Å². The topological polar surface area (TPSA) is 50.8 Å². The number of hydrogen-bond donors (Lipinski definition) is 1. The van der Waals surface area contributed by atoms with Crippen molar-refractivity contribution in [3.63, 3.8) is 0 Å². The highest BCUT2D eigenvalue weighted by molar-refractivity contribution is 5.77. The lowest BCUT2D eigenvalue weighted by Crippen LogP contribution is -2.29. The van der Waals surface area contributed by atoms with Crippen molar-refractivity contribution in [3.8, 4) is 11.5 Å². The fraction of sp³-hybridized carbons (Fsp3) is 0.458. The smallest absolute Gasteiger partial charge is 0.258 e. The van der Waals surface area contributed by atoms with E-state index in [4.69, 9.17) is 9.47 Å². The molecule has 5 heteroatoms. The summed E-state index contributed by atoms with van der Waals surface area (Å²) in [4.78, 5) is 14.6. The molecular weight excluding hydrogens is 364 g/mol. The van der Waals surface area contributed by atoms with E-state index in [-0.39, 0.29) is 12.5 Å². The number of nitrogens with zero attached hydrogens (tertiary/aromatic N) is 1. The van der Waals surface area contributed by atoms with Gasteiger partial charge in [-0.3, -0.25) is 9.69 Å². The summed E-state index contributed by atoms with van der Waals surface area (Å²) in [5, 5.41) is 2.91. The molecule has 0 unspecified atom stereocenters. The Hall–Kier alpha value is -2.53. The second-order valence-electron chi connectivity index (χ2n) is 7.54. The molecule has 2 aromatic rings. The molecule has 156 valence electrons. The zero-order chi connectivity index (χ0) is 20.3. The lowest BCUT2D eigenvalue weighted by atomic mass is 10.1. The molecule has 0 aromatic heterocycles. The van der Waals surface area contributed by atoms with Crippen LogP contribution in [0.4, 0.5) is 0 Å². The average Bonchev–Trinajstić information content (AvgIpc) is 2.77. The number of rotatable bonds is 10. The van der Waals surface area contributed by atoms with E-state index in [0.29, 0.717) is 18.9 Å². The van der Waals surface area contributed by atoms with E-state index in [2.05, 4.69) is 41.4 Å². The molecule has 2 aromatic carbocycles. The first kappa shape index (κ1) is 21.2. The number of amides is 1. The molecule has 1 fully saturated rings. The number of carbonyl (C=O) groups is 1. The molecule has 0 saturated carbocycles. The minimum absolute atomic E-state index is 0.00219. The fourth-order valence-corrected chi connectivity index (χ4v) is 3.39. The summed E-state index contributed by atoms with van der Waals surface area (Å²) >= 11 is 0. The summed E-state index contributed by atoms with van der Waals surface area (Å²) in [6.07, 6.45) is 4.95. The Morgan fingerprint density at radius 3 is 2.17 bits per heavy atom. The maximum atomic E-state index is 12.1. The molecule has 1 saturated heterocycles. The predicted molar refractivity (Wildman–Crippen MR) is 115 cm³/mol. The van der Waals surface area contributed by atoms with Crippen molar-refractivity contribution in [2.24, 2.45) is 0 Å². The van der Waals surface area contributed by atoms with Gasteiger partial charge in [-0.05, 0) is 67.7 Å². The van der Waals surface area contributed by atoms with E-state index in [9.17, 15) is 4.79 Å². The predicted octanol–water partition coefficient (Wildman–Crippen LogP) is 4.16. The molecular formula is C24H32N2O3. The van der Waals surface area contributed by atoms with Crippen LogP contribution in [0.3, 0.4) is 0 Å². The number of benzene rings is 2. The van der Waals surface area contributed by atoms with Gasteiger partial charge in [-0.2, -0.15) is 0 Å². The molecule has 0 spiro atoms. The maximum absolute atomic E-state index is 12.1. The van der Waals surface area contributed by atoms with Crippen molar-refractivity contribution < 1.29 is 14.3 Å². The van der Waals surface area contributed by atoms with E-state index in [1.165, 1.54) is 37.9 Å². The number of nitrogens with one attached hydrogen (secondary N) is 1. The van der Waals surface area contributed by atoms with E-state index in [1.54, 1.807) is 0 Å². The molecule has 1 aliphatic heterocycles. The number of ether oxygens (including phenoxy) is 2. The lowest BCUT2D eigenvalue weighted by molar-refractivity contribution is -0.123. The second kappa shape index (κ2) is 11.5. The molecule has 1 aliphatic rings. The first-order valence-electron chi connectivity index (χ1n) is 10.7. The normalized spacial score (nSPS) is 14.4. The van der Waals surface area contributed by atoms with Crippen LogP contribution < -0.4 is 14.8 Å². The molecule has 3 rings (SSSR count). The third kappa shape index (κ3) is 7.42. The molecule has 5 nitrogen and oxygen atoms in total. The van der Waals surface area contributed by atoms with Crippen molar-refractivity contribution in [1.29, 1.82) is 0 Å². The molecule has 29 heavy (non-hydrogen) atoms. The fourth-order valence-electron chi connectivity index (χ4n) is 3.39. The standard InChI is InChI=1S/C24H32N2O3/c1-2-16-28-22-10-12-23(13-11-22)29-19-24(27)25-17-20-6-8-21(9-7-20)18-26-14-4-3-5-15-26/h6-13H,2-5,14-19H2,1H3,(H,25,27). The van der Waals surface area contributed by atoms with E-state index < -0.39 is 0 Å². The van der Waals surface area contributed by atoms with Gasteiger partial charge in [0.1, 0.15) is 11.5 Å². The monoisotopic (exact) mass is 396 g/mol. The van der Waals surface area contributed by atoms with Crippen LogP contribution in [0.5, 0.6) is 11.5 Å². The number of hydrogen-bond acceptors (Lipinski definition) is 4. The van der Waals surface area contributed by atoms with Crippen molar-refractivity contribution in [3.05, 3.63) is 59.7 Å². The van der Waals surface area contributed by atoms with Crippen LogP contribution in [0.25, 0.3) is 0 Å². The first-order chi connectivity index (χ1) is 14.2. The summed E-state index contributed by atoms with van der Waals surface area (Å²) in [7, 11) is 0. The van der Waals surface area contributed by atoms with E-state index in [1.807, 2.05) is 24.3 Å². The van der Waals surface area contributed by atoms with Crippen molar-refractivity contribution in [1.82, 2.24) is 10.2 Å². The molecule has 0 aliphatic carbocycles. The van der Waals surface area contributed by atoms with Gasteiger partial charge in [-0.25, -0.2) is 0 Å². The van der Waals surface area contributed by atoms with Crippen LogP contribution in [0.1, 0.15) is 43.7 Å². The Morgan fingerprint density at radius 1 is 0.897 bits per heavy atom. The van der Waals surface area contributed by atoms with Crippen LogP contribution in [0, 0.1) is 0 Å². The highest BCUT2D eigenvalue weighted by atomic mass is 16.5. The Morgan fingerprint density at radius 2 is 1.52 bits per heavy atom. The van der Waals surface area contributed by atoms with Gasteiger partial charge < -0.3 is 14.8 Å². The van der Waals surface area contributed by atoms with Gasteiger partial charge in [0, 0.05) is 13.1 Å². The van der Waals surface area contributed by atoms with E-state index >= 15 is 0 Å². The summed E-state index contributed by atoms with van der Waals surface area (Å²) < 4.78 is 11.1. The third-order valence-electron chi connectivity index (χ3n) is 5.03. The minimum atomic E-state index is -0.131. The average molecular weight is 397 g/mol. The summed E-state index contributed by atoms with van der Waals surface area (Å²) in [5.41, 5.74) is 2.43. The largest absolute Gasteiger partial charge is 0.494 e. The van der Waals surface area contributed by atoms with Gasteiger partial charge in [0.25, 0.3) is 5.91 Å².